The Hall–Kier alpha value is -5.43. The molecular weight excluding hydrogens is 650 g/mol. The third kappa shape index (κ3) is 6.05. The van der Waals surface area contributed by atoms with Crippen LogP contribution in [-0.2, 0) is 27.9 Å². The summed E-state index contributed by atoms with van der Waals surface area (Å²) in [5, 5.41) is 3.45. The van der Waals surface area contributed by atoms with Gasteiger partial charge < -0.3 is 39.3 Å². The number of piperidine rings is 1. The number of likely N-dealkylation sites (tertiary alicyclic amines) is 1. The third-order valence-corrected chi connectivity index (χ3v) is 10.6. The highest BCUT2D eigenvalue weighted by molar-refractivity contribution is 6.00. The molecule has 3 aliphatic rings. The standard InChI is InChI=1S/C38H41N7O6/c1-43-35-28(14-25(16-31(35)49-2)38(48)45-19-24-9-13-29(45)34(24)39)42-37(43)30-15-23-8-12-27(41-36(23)44(30)18-21-4-5-21)22-6-10-26(11-7-22)51-20-32(46)40-17-33(47)50-3/h6-8,10-12,14-16,21,24,29,34H,4-5,9,13,17-20,39H2,1-3H3,(H,40,46)/t24?,29?,34-/m1/s1. The molecule has 2 aromatic carbocycles. The number of methoxy groups -OCH3 is 2. The Bertz CT molecular complexity index is 2170. The molecule has 8 rings (SSSR count). The van der Waals surface area contributed by atoms with Crippen LogP contribution in [0.4, 0.5) is 0 Å². The van der Waals surface area contributed by atoms with Gasteiger partial charge in [0.1, 0.15) is 29.2 Å². The van der Waals surface area contributed by atoms with Crippen molar-refractivity contribution in [1.82, 2.24) is 29.3 Å². The number of rotatable bonds is 11. The zero-order chi connectivity index (χ0) is 35.4. The van der Waals surface area contributed by atoms with Crippen LogP contribution in [0.15, 0.2) is 54.6 Å². The third-order valence-electron chi connectivity index (χ3n) is 10.6. The molecule has 2 amide bonds. The highest BCUT2D eigenvalue weighted by Crippen LogP contribution is 2.40. The molecule has 2 saturated carbocycles. The van der Waals surface area contributed by atoms with Crippen molar-refractivity contribution in [2.45, 2.75) is 44.3 Å². The molecule has 13 nitrogen and oxygen atoms in total. The second kappa shape index (κ2) is 13.0. The zero-order valence-corrected chi connectivity index (χ0v) is 28.9. The molecule has 3 fully saturated rings. The fourth-order valence-corrected chi connectivity index (χ4v) is 7.65. The number of carbonyl (C=O) groups is 3. The number of nitrogens with two attached hydrogens (primary N) is 1. The van der Waals surface area contributed by atoms with E-state index in [1.807, 2.05) is 46.8 Å². The Balaban J connectivity index is 1.09. The molecule has 13 heteroatoms. The fourth-order valence-electron chi connectivity index (χ4n) is 7.65. The normalized spacial score (nSPS) is 19.5. The van der Waals surface area contributed by atoms with Crippen molar-refractivity contribution >= 4 is 39.9 Å². The highest BCUT2D eigenvalue weighted by Gasteiger charge is 2.47. The lowest BCUT2D eigenvalue weighted by atomic mass is 10.1. The molecule has 3 atom stereocenters. The van der Waals surface area contributed by atoms with Crippen molar-refractivity contribution in [2.24, 2.45) is 24.6 Å². The first-order valence-corrected chi connectivity index (χ1v) is 17.4. The summed E-state index contributed by atoms with van der Waals surface area (Å²) < 4.78 is 20.3. The number of carbonyl (C=O) groups excluding carboxylic acids is 3. The van der Waals surface area contributed by atoms with E-state index in [1.54, 1.807) is 19.2 Å². The molecular formula is C38H41N7O6. The summed E-state index contributed by atoms with van der Waals surface area (Å²) in [7, 11) is 4.87. The average Bonchev–Trinajstić information content (AvgIpc) is 3.55. The lowest BCUT2D eigenvalue weighted by Crippen LogP contribution is -2.41. The van der Waals surface area contributed by atoms with Crippen molar-refractivity contribution in [3.05, 3.63) is 60.2 Å². The number of aromatic nitrogens is 4. The van der Waals surface area contributed by atoms with E-state index in [9.17, 15) is 14.4 Å². The minimum Gasteiger partial charge on any atom is -0.494 e. The number of amides is 2. The minimum absolute atomic E-state index is 0.0228. The summed E-state index contributed by atoms with van der Waals surface area (Å²) in [5.74, 6) is 1.86. The Morgan fingerprint density at radius 2 is 1.78 bits per heavy atom. The van der Waals surface area contributed by atoms with Gasteiger partial charge in [0.15, 0.2) is 12.4 Å². The van der Waals surface area contributed by atoms with E-state index in [1.165, 1.54) is 20.0 Å². The molecule has 1 aliphatic heterocycles. The molecule has 4 heterocycles. The molecule has 0 spiro atoms. The van der Waals surface area contributed by atoms with Crippen LogP contribution < -0.4 is 20.5 Å². The van der Waals surface area contributed by atoms with Gasteiger partial charge in [-0.3, -0.25) is 14.4 Å². The fraction of sp³-hybridized carbons (Fsp3) is 0.395. The lowest BCUT2D eigenvalue weighted by Gasteiger charge is -2.27. The number of nitrogens with zero attached hydrogens (tertiary/aromatic N) is 5. The molecule has 2 bridgehead atoms. The molecule has 1 saturated heterocycles. The summed E-state index contributed by atoms with van der Waals surface area (Å²) in [6, 6.07) is 17.4. The summed E-state index contributed by atoms with van der Waals surface area (Å²) >= 11 is 0. The van der Waals surface area contributed by atoms with Crippen molar-refractivity contribution in [3.63, 3.8) is 0 Å². The minimum atomic E-state index is -0.529. The quantitative estimate of drug-likeness (QED) is 0.196. The SMILES string of the molecule is COC(=O)CNC(=O)COc1ccc(-c2ccc3cc(-c4nc5cc(C(=O)N6CC7CCC6[C@@H]7N)cc(OC)c5n4C)n(CC4CC4)c3n2)cc1. The molecule has 5 aromatic rings. The maximum atomic E-state index is 13.8. The molecule has 0 radical (unpaired) electrons. The first-order valence-electron chi connectivity index (χ1n) is 17.4. The van der Waals surface area contributed by atoms with Crippen molar-refractivity contribution < 1.29 is 28.6 Å². The van der Waals surface area contributed by atoms with E-state index in [0.717, 1.165) is 58.7 Å². The van der Waals surface area contributed by atoms with Gasteiger partial charge in [-0.2, -0.15) is 0 Å². The number of fused-ring (bicyclic) bond motifs is 4. The smallest absolute Gasteiger partial charge is 0.325 e. The van der Waals surface area contributed by atoms with Crippen molar-refractivity contribution in [2.75, 3.05) is 33.9 Å². The summed E-state index contributed by atoms with van der Waals surface area (Å²) in [5.41, 5.74) is 12.0. The summed E-state index contributed by atoms with van der Waals surface area (Å²) in [6.45, 7) is 1.09. The second-order valence-electron chi connectivity index (χ2n) is 13.8. The van der Waals surface area contributed by atoms with Crippen LogP contribution in [-0.4, -0.2) is 87.8 Å². The van der Waals surface area contributed by atoms with Gasteiger partial charge >= 0.3 is 5.97 Å². The molecule has 3 N–H and O–H groups in total. The zero-order valence-electron chi connectivity index (χ0n) is 28.9. The van der Waals surface area contributed by atoms with Crippen LogP contribution >= 0.6 is 0 Å². The molecule has 2 unspecified atom stereocenters. The lowest BCUT2D eigenvalue weighted by molar-refractivity contribution is -0.141. The number of pyridine rings is 1. The van der Waals surface area contributed by atoms with Crippen LogP contribution in [0.1, 0.15) is 36.0 Å². The number of benzene rings is 2. The summed E-state index contributed by atoms with van der Waals surface area (Å²) in [4.78, 5) is 49.2. The van der Waals surface area contributed by atoms with Gasteiger partial charge in [-0.25, -0.2) is 9.97 Å². The number of aryl methyl sites for hydroxylation is 1. The molecule has 2 aliphatic carbocycles. The highest BCUT2D eigenvalue weighted by atomic mass is 16.5. The number of esters is 1. The Kier molecular flexibility index (Phi) is 8.37. The molecule has 3 aromatic heterocycles. The second-order valence-corrected chi connectivity index (χ2v) is 13.8. The van der Waals surface area contributed by atoms with E-state index in [-0.39, 0.29) is 31.1 Å². The number of hydrogen-bond acceptors (Lipinski definition) is 9. The van der Waals surface area contributed by atoms with E-state index in [0.29, 0.717) is 41.0 Å². The molecule has 264 valence electrons. The number of imidazole rings is 1. The van der Waals surface area contributed by atoms with Crippen LogP contribution in [0, 0.1) is 11.8 Å². The van der Waals surface area contributed by atoms with Gasteiger partial charge in [-0.15, -0.1) is 0 Å². The number of ether oxygens (including phenoxy) is 3. The Morgan fingerprint density at radius 1 is 0.980 bits per heavy atom. The van der Waals surface area contributed by atoms with Gasteiger partial charge in [-0.05, 0) is 92.1 Å². The monoisotopic (exact) mass is 691 g/mol. The van der Waals surface area contributed by atoms with Crippen LogP contribution in [0.25, 0.3) is 44.8 Å². The van der Waals surface area contributed by atoms with E-state index >= 15 is 0 Å². The Morgan fingerprint density at radius 3 is 2.47 bits per heavy atom. The van der Waals surface area contributed by atoms with E-state index in [4.69, 9.17) is 25.2 Å². The van der Waals surface area contributed by atoms with Gasteiger partial charge in [0.25, 0.3) is 11.8 Å². The summed E-state index contributed by atoms with van der Waals surface area (Å²) in [6.07, 6.45) is 4.37. The predicted molar refractivity (Wildman–Crippen MR) is 190 cm³/mol. The van der Waals surface area contributed by atoms with E-state index in [2.05, 4.69) is 26.8 Å². The average molecular weight is 692 g/mol. The largest absolute Gasteiger partial charge is 0.494 e. The van der Waals surface area contributed by atoms with Gasteiger partial charge in [0, 0.05) is 48.7 Å². The van der Waals surface area contributed by atoms with Crippen LogP contribution in [0.5, 0.6) is 11.5 Å². The van der Waals surface area contributed by atoms with Crippen LogP contribution in [0.2, 0.25) is 0 Å². The first-order chi connectivity index (χ1) is 24.7. The molecule has 51 heavy (non-hydrogen) atoms. The van der Waals surface area contributed by atoms with Gasteiger partial charge in [-0.1, -0.05) is 0 Å². The van der Waals surface area contributed by atoms with Gasteiger partial charge in [0.05, 0.1) is 31.1 Å². The maximum Gasteiger partial charge on any atom is 0.325 e. The van der Waals surface area contributed by atoms with Crippen molar-refractivity contribution in [3.8, 4) is 34.3 Å². The topological polar surface area (TPSA) is 156 Å². The predicted octanol–water partition coefficient (Wildman–Crippen LogP) is 3.91. The number of nitrogens with one attached hydrogen (secondary N) is 1. The number of hydrogen-bond donors (Lipinski definition) is 2. The van der Waals surface area contributed by atoms with Crippen molar-refractivity contribution in [1.29, 1.82) is 0 Å². The first kappa shape index (κ1) is 32.8. The van der Waals surface area contributed by atoms with E-state index < -0.39 is 11.9 Å². The Labute approximate surface area is 294 Å². The maximum absolute atomic E-state index is 13.8. The van der Waals surface area contributed by atoms with Crippen LogP contribution in [0.3, 0.4) is 0 Å². The van der Waals surface area contributed by atoms with Gasteiger partial charge in [0.2, 0.25) is 0 Å².